The molecule has 0 amide bonds. The Kier molecular flexibility index (Phi) is 10.6. The normalized spacial score (nSPS) is 21.7. The van der Waals surface area contributed by atoms with Crippen LogP contribution in [0.3, 0.4) is 0 Å². The van der Waals surface area contributed by atoms with Gasteiger partial charge in [0.1, 0.15) is 0 Å². The third-order valence-electron chi connectivity index (χ3n) is 9.99. The Labute approximate surface area is 293 Å². The molecule has 1 saturated carbocycles. The molecule has 2 nitrogen and oxygen atoms in total. The summed E-state index contributed by atoms with van der Waals surface area (Å²) in [4.78, 5) is 0. The van der Waals surface area contributed by atoms with Gasteiger partial charge in [-0.25, -0.2) is 0 Å². The minimum atomic E-state index is -0.299. The van der Waals surface area contributed by atoms with Gasteiger partial charge in [0, 0.05) is 0 Å². The molecule has 47 heavy (non-hydrogen) atoms. The molecule has 2 aliphatic rings. The Hall–Kier alpha value is -2.11. The zero-order valence-corrected chi connectivity index (χ0v) is 32.3. The monoisotopic (exact) mass is 700 g/mol. The van der Waals surface area contributed by atoms with Gasteiger partial charge in [0.25, 0.3) is 0 Å². The van der Waals surface area contributed by atoms with E-state index in [1.807, 2.05) is 12.1 Å². The van der Waals surface area contributed by atoms with E-state index in [2.05, 4.69) is 114 Å². The number of fused-ring (bicyclic) bond motifs is 1. The summed E-state index contributed by atoms with van der Waals surface area (Å²) in [5, 5.41) is 25.2. The van der Waals surface area contributed by atoms with Gasteiger partial charge < -0.3 is 0 Å². The molecule has 248 valence electrons. The van der Waals surface area contributed by atoms with Crippen molar-refractivity contribution in [3.05, 3.63) is 107 Å². The summed E-state index contributed by atoms with van der Waals surface area (Å²) in [7, 11) is 0.596. The summed E-state index contributed by atoms with van der Waals surface area (Å²) in [6.07, 6.45) is 8.03. The van der Waals surface area contributed by atoms with E-state index < -0.39 is 0 Å². The Balaban J connectivity index is 1.46. The zero-order valence-electron chi connectivity index (χ0n) is 29.1. The second-order valence-electron chi connectivity index (χ2n) is 15.6. The number of hydrogen-bond donors (Lipinski definition) is 2. The Morgan fingerprint density at radius 1 is 0.574 bits per heavy atom. The summed E-state index contributed by atoms with van der Waals surface area (Å²) >= 11 is -0.299. The van der Waals surface area contributed by atoms with Gasteiger partial charge in [-0.15, -0.1) is 0 Å². The van der Waals surface area contributed by atoms with Crippen LogP contribution < -0.4 is 0 Å². The fourth-order valence-electron chi connectivity index (χ4n) is 7.09. The number of benzene rings is 4. The van der Waals surface area contributed by atoms with Crippen molar-refractivity contribution >= 4 is 15.9 Å². The van der Waals surface area contributed by atoms with Crippen LogP contribution in [0.4, 0.5) is 0 Å². The Bertz CT molecular complexity index is 1680. The fourth-order valence-corrected chi connectivity index (χ4v) is 27.9. The predicted octanol–water partition coefficient (Wildman–Crippen LogP) is 12.3. The Morgan fingerprint density at radius 3 is 1.32 bits per heavy atom. The minimum absolute atomic E-state index is 0.000167. The Morgan fingerprint density at radius 2 is 0.957 bits per heavy atom. The molecule has 0 saturated heterocycles. The fraction of sp³-hybridized carbons (Fsp3) is 0.429. The van der Waals surface area contributed by atoms with Crippen LogP contribution in [0.25, 0.3) is 22.3 Å². The molecule has 1 heterocycles. The second kappa shape index (κ2) is 14.4. The first-order valence-electron chi connectivity index (χ1n) is 17.4. The quantitative estimate of drug-likeness (QED) is 0.197. The average Bonchev–Trinajstić information content (AvgIpc) is 3.32. The first-order valence-corrected chi connectivity index (χ1v) is 24.1. The molecular formula is C42H52O2S2Ti. The maximum absolute atomic E-state index is 11.9. The number of aromatic hydroxyl groups is 2. The molecule has 0 radical (unpaired) electrons. The molecule has 4 aromatic rings. The molecule has 0 bridgehead atoms. The zero-order chi connectivity index (χ0) is 33.3. The summed E-state index contributed by atoms with van der Waals surface area (Å²) in [5.74, 6) is 2.98. The van der Waals surface area contributed by atoms with Crippen LogP contribution >= 0.6 is 15.9 Å². The number of rotatable bonds is 6. The third-order valence-corrected chi connectivity index (χ3v) is 25.9. The molecule has 4 atom stereocenters. The van der Waals surface area contributed by atoms with E-state index in [9.17, 15) is 10.2 Å². The van der Waals surface area contributed by atoms with E-state index in [1.165, 1.54) is 49.7 Å². The van der Waals surface area contributed by atoms with Crippen molar-refractivity contribution in [3.63, 3.8) is 0 Å². The van der Waals surface area contributed by atoms with Gasteiger partial charge in [-0.1, -0.05) is 0 Å². The van der Waals surface area contributed by atoms with Crippen molar-refractivity contribution in [1.29, 1.82) is 0 Å². The van der Waals surface area contributed by atoms with E-state index in [0.717, 1.165) is 55.4 Å². The summed E-state index contributed by atoms with van der Waals surface area (Å²) in [6, 6.07) is 30.0. The van der Waals surface area contributed by atoms with E-state index in [0.29, 0.717) is 27.4 Å². The van der Waals surface area contributed by atoms with Crippen LogP contribution in [0.5, 0.6) is 11.5 Å². The van der Waals surface area contributed by atoms with Gasteiger partial charge in [-0.2, -0.15) is 0 Å². The first-order chi connectivity index (χ1) is 22.4. The molecular weight excluding hydrogens is 648 g/mol. The summed E-state index contributed by atoms with van der Waals surface area (Å²) in [5.41, 5.74) is 9.04. The summed E-state index contributed by atoms with van der Waals surface area (Å²) in [6.45, 7) is 13.7. The van der Waals surface area contributed by atoms with E-state index in [1.54, 1.807) is 0 Å². The van der Waals surface area contributed by atoms with Crippen LogP contribution in [0.1, 0.15) is 102 Å². The number of phenols is 2. The molecule has 1 aliphatic carbocycles. The first kappa shape index (κ1) is 34.7. The van der Waals surface area contributed by atoms with Crippen molar-refractivity contribution in [1.82, 2.24) is 0 Å². The third kappa shape index (κ3) is 7.88. The van der Waals surface area contributed by atoms with Crippen molar-refractivity contribution in [2.45, 2.75) is 113 Å². The predicted molar refractivity (Wildman–Crippen MR) is 202 cm³/mol. The number of hydrogen-bond acceptors (Lipinski definition) is 2. The van der Waals surface area contributed by atoms with Crippen molar-refractivity contribution in [3.8, 4) is 33.8 Å². The van der Waals surface area contributed by atoms with Gasteiger partial charge in [0.05, 0.1) is 0 Å². The SMILES string of the molecule is CC(C)(C)c1cc(C[S]2=[Ti]=[S](Cc3cc(C(C)(C)C)cc(-c4ccccc4)c3O)C3CCCCCCC32)c(O)c(-c2ccccc2)c1. The molecule has 4 aromatic carbocycles. The molecule has 0 spiro atoms. The van der Waals surface area contributed by atoms with Gasteiger partial charge in [0.2, 0.25) is 0 Å². The molecule has 1 aliphatic heterocycles. The van der Waals surface area contributed by atoms with Crippen LogP contribution in [-0.2, 0) is 37.8 Å². The molecule has 1 fully saturated rings. The molecule has 2 N–H and O–H groups in total. The van der Waals surface area contributed by atoms with Crippen LogP contribution in [-0.4, -0.2) is 20.7 Å². The van der Waals surface area contributed by atoms with E-state index >= 15 is 0 Å². The van der Waals surface area contributed by atoms with Crippen LogP contribution in [0, 0.1) is 0 Å². The molecule has 6 rings (SSSR count). The van der Waals surface area contributed by atoms with Crippen molar-refractivity contribution in [2.75, 3.05) is 0 Å². The van der Waals surface area contributed by atoms with Gasteiger partial charge >= 0.3 is 295 Å². The standard InChI is InChI=1S/C42H52O2S2.Ti/c1-41(2,3)33-23-31(39(43)35(25-33)29-17-11-9-12-18-29)27-45-37-21-15-7-8-16-22-38(37)46-28-32-24-34(42(4,5)6)26-36(40(32)44)30-19-13-10-14-20-30;/h9-14,17-20,23-26,37-38,43-44H,7-8,15-16,21-22,27-28H2,1-6H3;. The average molecular weight is 701 g/mol. The molecule has 0 aromatic heterocycles. The van der Waals surface area contributed by atoms with Crippen LogP contribution in [0.15, 0.2) is 84.9 Å². The summed E-state index contributed by atoms with van der Waals surface area (Å²) < 4.78 is 0. The van der Waals surface area contributed by atoms with Crippen LogP contribution in [0.2, 0.25) is 0 Å². The maximum atomic E-state index is 11.9. The van der Waals surface area contributed by atoms with E-state index in [4.69, 9.17) is 0 Å². The van der Waals surface area contributed by atoms with Crippen molar-refractivity contribution in [2.24, 2.45) is 0 Å². The number of phenolic OH excluding ortho intramolecular Hbond substituents is 2. The molecule has 5 heteroatoms. The topological polar surface area (TPSA) is 40.5 Å². The molecule has 4 unspecified atom stereocenters. The van der Waals surface area contributed by atoms with Crippen molar-refractivity contribution < 1.29 is 25.7 Å². The van der Waals surface area contributed by atoms with Gasteiger partial charge in [-0.05, 0) is 0 Å². The second-order valence-corrected chi connectivity index (χ2v) is 27.0. The van der Waals surface area contributed by atoms with E-state index in [-0.39, 0.29) is 26.3 Å². The van der Waals surface area contributed by atoms with Gasteiger partial charge in [0.15, 0.2) is 0 Å². The van der Waals surface area contributed by atoms with Gasteiger partial charge in [-0.3, -0.25) is 0 Å².